The summed E-state index contributed by atoms with van der Waals surface area (Å²) < 4.78 is 37.9. The van der Waals surface area contributed by atoms with Gasteiger partial charge in [-0.15, -0.1) is 0 Å². The molecule has 2 aromatic rings. The molecule has 0 aliphatic rings. The quantitative estimate of drug-likeness (QED) is 0.709. The standard InChI is InChI=1S/C20H23NO6S/c1-5-26-19(22)15-10-16(20(23)27-6-2)12-17(11-15)21-28(24,25)18-8-7-13(3)9-14(18)4/h7-12,21H,5-6H2,1-4H3. The van der Waals surface area contributed by atoms with Crippen molar-refractivity contribution in [2.24, 2.45) is 0 Å². The SMILES string of the molecule is CCOC(=O)c1cc(NS(=O)(=O)c2ccc(C)cc2C)cc(C(=O)OCC)c1. The second kappa shape index (κ2) is 8.88. The zero-order chi connectivity index (χ0) is 20.9. The summed E-state index contributed by atoms with van der Waals surface area (Å²) in [5.41, 5.74) is 1.68. The van der Waals surface area contributed by atoms with E-state index in [0.29, 0.717) is 5.56 Å². The van der Waals surface area contributed by atoms with E-state index in [-0.39, 0.29) is 34.9 Å². The van der Waals surface area contributed by atoms with Crippen LogP contribution < -0.4 is 4.72 Å². The van der Waals surface area contributed by atoms with Crippen LogP contribution in [0.2, 0.25) is 0 Å². The summed E-state index contributed by atoms with van der Waals surface area (Å²) in [6.07, 6.45) is 0. The van der Waals surface area contributed by atoms with Crippen molar-refractivity contribution in [2.75, 3.05) is 17.9 Å². The third-order valence-corrected chi connectivity index (χ3v) is 5.37. The minimum Gasteiger partial charge on any atom is -0.462 e. The number of hydrogen-bond acceptors (Lipinski definition) is 6. The van der Waals surface area contributed by atoms with E-state index in [1.165, 1.54) is 24.3 Å². The maximum Gasteiger partial charge on any atom is 0.338 e. The minimum absolute atomic E-state index is 0.0470. The fraction of sp³-hybridized carbons (Fsp3) is 0.300. The van der Waals surface area contributed by atoms with Gasteiger partial charge in [0.1, 0.15) is 0 Å². The maximum absolute atomic E-state index is 12.8. The number of anilines is 1. The van der Waals surface area contributed by atoms with Crippen molar-refractivity contribution in [3.8, 4) is 0 Å². The number of aryl methyl sites for hydroxylation is 2. The lowest BCUT2D eigenvalue weighted by atomic mass is 10.1. The molecule has 0 aliphatic heterocycles. The number of nitrogens with one attached hydrogen (secondary N) is 1. The van der Waals surface area contributed by atoms with Crippen molar-refractivity contribution in [1.82, 2.24) is 0 Å². The fourth-order valence-electron chi connectivity index (χ4n) is 2.66. The van der Waals surface area contributed by atoms with Crippen molar-refractivity contribution < 1.29 is 27.5 Å². The van der Waals surface area contributed by atoms with Crippen LogP contribution in [0.3, 0.4) is 0 Å². The number of esters is 2. The Labute approximate surface area is 164 Å². The van der Waals surface area contributed by atoms with Crippen molar-refractivity contribution in [2.45, 2.75) is 32.6 Å². The second-order valence-corrected chi connectivity index (χ2v) is 7.77. The van der Waals surface area contributed by atoms with E-state index < -0.39 is 22.0 Å². The summed E-state index contributed by atoms with van der Waals surface area (Å²) in [5.74, 6) is -1.33. The van der Waals surface area contributed by atoms with Crippen LogP contribution in [0.5, 0.6) is 0 Å². The number of ether oxygens (including phenoxy) is 2. The Balaban J connectivity index is 2.48. The lowest BCUT2D eigenvalue weighted by Crippen LogP contribution is -2.16. The zero-order valence-corrected chi connectivity index (χ0v) is 17.1. The van der Waals surface area contributed by atoms with E-state index in [1.807, 2.05) is 6.92 Å². The monoisotopic (exact) mass is 405 g/mol. The van der Waals surface area contributed by atoms with Gasteiger partial charge in [0, 0.05) is 0 Å². The molecular formula is C20H23NO6S. The Morgan fingerprint density at radius 1 is 0.893 bits per heavy atom. The van der Waals surface area contributed by atoms with Gasteiger partial charge < -0.3 is 9.47 Å². The largest absolute Gasteiger partial charge is 0.462 e. The lowest BCUT2D eigenvalue weighted by Gasteiger charge is -2.13. The smallest absolute Gasteiger partial charge is 0.338 e. The molecule has 0 amide bonds. The molecule has 0 atom stereocenters. The molecule has 0 unspecified atom stereocenters. The molecule has 150 valence electrons. The highest BCUT2D eigenvalue weighted by atomic mass is 32.2. The van der Waals surface area contributed by atoms with Gasteiger partial charge in [-0.2, -0.15) is 0 Å². The second-order valence-electron chi connectivity index (χ2n) is 6.11. The summed E-state index contributed by atoms with van der Waals surface area (Å²) >= 11 is 0. The van der Waals surface area contributed by atoms with Gasteiger partial charge in [-0.25, -0.2) is 18.0 Å². The van der Waals surface area contributed by atoms with Crippen LogP contribution in [0.25, 0.3) is 0 Å². The van der Waals surface area contributed by atoms with Gasteiger partial charge in [-0.3, -0.25) is 4.72 Å². The van der Waals surface area contributed by atoms with Gasteiger partial charge in [0.25, 0.3) is 10.0 Å². The molecule has 2 aromatic carbocycles. The Bertz CT molecular complexity index is 962. The molecule has 0 aromatic heterocycles. The van der Waals surface area contributed by atoms with Crippen molar-refractivity contribution in [3.63, 3.8) is 0 Å². The molecule has 2 rings (SSSR count). The van der Waals surface area contributed by atoms with Crippen molar-refractivity contribution in [3.05, 3.63) is 58.7 Å². The van der Waals surface area contributed by atoms with Crippen LogP contribution >= 0.6 is 0 Å². The van der Waals surface area contributed by atoms with E-state index in [0.717, 1.165) is 5.56 Å². The summed E-state index contributed by atoms with van der Waals surface area (Å²) in [4.78, 5) is 24.3. The van der Waals surface area contributed by atoms with Gasteiger partial charge in [-0.05, 0) is 57.5 Å². The molecule has 0 bridgehead atoms. The van der Waals surface area contributed by atoms with E-state index in [4.69, 9.17) is 9.47 Å². The van der Waals surface area contributed by atoms with Crippen LogP contribution in [0.1, 0.15) is 45.7 Å². The van der Waals surface area contributed by atoms with Crippen molar-refractivity contribution >= 4 is 27.6 Å². The van der Waals surface area contributed by atoms with Crippen LogP contribution in [0.15, 0.2) is 41.3 Å². The molecule has 0 radical (unpaired) electrons. The Morgan fingerprint density at radius 3 is 1.89 bits per heavy atom. The van der Waals surface area contributed by atoms with Crippen LogP contribution in [0.4, 0.5) is 5.69 Å². The van der Waals surface area contributed by atoms with E-state index in [1.54, 1.807) is 32.9 Å². The summed E-state index contributed by atoms with van der Waals surface area (Å²) in [6.45, 7) is 7.15. The number of carbonyl (C=O) groups excluding carboxylic acids is 2. The van der Waals surface area contributed by atoms with E-state index in [2.05, 4.69) is 4.72 Å². The predicted octanol–water partition coefficient (Wildman–Crippen LogP) is 3.46. The molecule has 7 nitrogen and oxygen atoms in total. The Hall–Kier alpha value is -2.87. The molecule has 0 spiro atoms. The first kappa shape index (κ1) is 21.4. The molecule has 1 N–H and O–H groups in total. The summed E-state index contributed by atoms with van der Waals surface area (Å²) in [6, 6.07) is 8.91. The normalized spacial score (nSPS) is 11.0. The third kappa shape index (κ3) is 5.10. The summed E-state index contributed by atoms with van der Waals surface area (Å²) in [5, 5.41) is 0. The number of rotatable bonds is 7. The molecule has 0 saturated heterocycles. The Kier molecular flexibility index (Phi) is 6.80. The van der Waals surface area contributed by atoms with Gasteiger partial charge in [0.05, 0.1) is 34.9 Å². The number of benzene rings is 2. The van der Waals surface area contributed by atoms with Gasteiger partial charge in [-0.1, -0.05) is 17.7 Å². The maximum atomic E-state index is 12.8. The highest BCUT2D eigenvalue weighted by Gasteiger charge is 2.20. The minimum atomic E-state index is -3.92. The zero-order valence-electron chi connectivity index (χ0n) is 16.2. The molecule has 28 heavy (non-hydrogen) atoms. The highest BCUT2D eigenvalue weighted by Crippen LogP contribution is 2.23. The predicted molar refractivity (Wildman–Crippen MR) is 105 cm³/mol. The summed E-state index contributed by atoms with van der Waals surface area (Å²) in [7, 11) is -3.92. The number of sulfonamides is 1. The third-order valence-electron chi connectivity index (χ3n) is 3.83. The average molecular weight is 405 g/mol. The van der Waals surface area contributed by atoms with E-state index in [9.17, 15) is 18.0 Å². The van der Waals surface area contributed by atoms with Crippen LogP contribution in [0, 0.1) is 13.8 Å². The molecule has 0 aliphatic carbocycles. The Morgan fingerprint density at radius 2 is 1.43 bits per heavy atom. The molecular weight excluding hydrogens is 382 g/mol. The van der Waals surface area contributed by atoms with Crippen LogP contribution in [-0.4, -0.2) is 33.6 Å². The molecule has 0 saturated carbocycles. The van der Waals surface area contributed by atoms with E-state index >= 15 is 0 Å². The van der Waals surface area contributed by atoms with Gasteiger partial charge in [0.15, 0.2) is 0 Å². The molecule has 8 heteroatoms. The number of hydrogen-bond donors (Lipinski definition) is 1. The lowest BCUT2D eigenvalue weighted by molar-refractivity contribution is 0.0525. The molecule has 0 heterocycles. The first-order valence-corrected chi connectivity index (χ1v) is 10.3. The van der Waals surface area contributed by atoms with Crippen molar-refractivity contribution in [1.29, 1.82) is 0 Å². The van der Waals surface area contributed by atoms with Gasteiger partial charge >= 0.3 is 11.9 Å². The molecule has 0 fully saturated rings. The average Bonchev–Trinajstić information content (AvgIpc) is 2.61. The highest BCUT2D eigenvalue weighted by molar-refractivity contribution is 7.92. The first-order valence-electron chi connectivity index (χ1n) is 8.77. The first-order chi connectivity index (χ1) is 13.2. The van der Waals surface area contributed by atoms with Crippen LogP contribution in [-0.2, 0) is 19.5 Å². The number of carbonyl (C=O) groups is 2. The fourth-order valence-corrected chi connectivity index (χ4v) is 3.93. The topological polar surface area (TPSA) is 98.8 Å². The van der Waals surface area contributed by atoms with Gasteiger partial charge in [0.2, 0.25) is 0 Å².